The molecule has 0 bridgehead atoms. The molecule has 2 N–H and O–H groups in total. The van der Waals surface area contributed by atoms with Crippen LogP contribution in [0.1, 0.15) is 12.5 Å². The highest BCUT2D eigenvalue weighted by molar-refractivity contribution is 5.89. The van der Waals surface area contributed by atoms with Gasteiger partial charge < -0.3 is 14.9 Å². The first-order valence-corrected chi connectivity index (χ1v) is 5.09. The third-order valence-corrected chi connectivity index (χ3v) is 2.48. The lowest BCUT2D eigenvalue weighted by molar-refractivity contribution is -0.148. The van der Waals surface area contributed by atoms with E-state index >= 15 is 0 Å². The van der Waals surface area contributed by atoms with E-state index in [1.54, 1.807) is 31.2 Å². The Kier molecular flexibility index (Phi) is 4.61. The number of benzene rings is 1. The van der Waals surface area contributed by atoms with Gasteiger partial charge in [-0.05, 0) is 12.5 Å². The third kappa shape index (κ3) is 2.66. The zero-order chi connectivity index (χ0) is 12.0. The second-order valence-electron chi connectivity index (χ2n) is 3.55. The topological polar surface area (TPSA) is 66.8 Å². The van der Waals surface area contributed by atoms with Crippen molar-refractivity contribution in [2.45, 2.75) is 12.5 Å². The van der Waals surface area contributed by atoms with E-state index in [1.165, 1.54) is 0 Å². The summed E-state index contributed by atoms with van der Waals surface area (Å²) in [6, 6.07) is 8.93. The van der Waals surface area contributed by atoms with Gasteiger partial charge in [-0.3, -0.25) is 4.79 Å². The first kappa shape index (κ1) is 12.8. The Balaban J connectivity index is 2.99. The first-order valence-electron chi connectivity index (χ1n) is 5.09. The van der Waals surface area contributed by atoms with Crippen molar-refractivity contribution < 1.29 is 19.7 Å². The Hall–Kier alpha value is -1.23. The minimum Gasteiger partial charge on any atom is -0.394 e. The number of ketones is 1. The molecule has 0 radical (unpaired) electrons. The van der Waals surface area contributed by atoms with Crippen molar-refractivity contribution in [2.75, 3.05) is 19.8 Å². The molecule has 4 nitrogen and oxygen atoms in total. The van der Waals surface area contributed by atoms with E-state index in [9.17, 15) is 4.79 Å². The van der Waals surface area contributed by atoms with Gasteiger partial charge in [-0.1, -0.05) is 30.3 Å². The first-order chi connectivity index (χ1) is 7.65. The summed E-state index contributed by atoms with van der Waals surface area (Å²) in [6.07, 6.45) is 0. The minimum absolute atomic E-state index is 0.0527. The summed E-state index contributed by atoms with van der Waals surface area (Å²) in [5, 5.41) is 17.7. The van der Waals surface area contributed by atoms with Crippen molar-refractivity contribution in [1.82, 2.24) is 0 Å². The second kappa shape index (κ2) is 5.75. The largest absolute Gasteiger partial charge is 0.394 e. The summed E-state index contributed by atoms with van der Waals surface area (Å²) in [6.45, 7) is 0.894. The van der Waals surface area contributed by atoms with Crippen molar-refractivity contribution in [3.05, 3.63) is 35.9 Å². The maximum atomic E-state index is 11.7. The Morgan fingerprint density at radius 1 is 1.31 bits per heavy atom. The van der Waals surface area contributed by atoms with E-state index in [1.807, 2.05) is 6.07 Å². The molecule has 0 spiro atoms. The molecule has 0 aliphatic rings. The van der Waals surface area contributed by atoms with Gasteiger partial charge >= 0.3 is 0 Å². The summed E-state index contributed by atoms with van der Waals surface area (Å²) >= 11 is 0. The van der Waals surface area contributed by atoms with E-state index in [4.69, 9.17) is 14.9 Å². The fourth-order valence-electron chi connectivity index (χ4n) is 1.48. The highest BCUT2D eigenvalue weighted by atomic mass is 16.5. The number of Topliss-reactive ketones (excluding diaryl/α,β-unsaturated/α-hetero) is 1. The summed E-state index contributed by atoms with van der Waals surface area (Å²) < 4.78 is 5.36. The van der Waals surface area contributed by atoms with Gasteiger partial charge in [0.05, 0.1) is 13.2 Å². The number of carbonyl (C=O) groups excluding carboxylic acids is 1. The van der Waals surface area contributed by atoms with Crippen molar-refractivity contribution in [2.24, 2.45) is 0 Å². The van der Waals surface area contributed by atoms with Crippen LogP contribution in [0.2, 0.25) is 0 Å². The number of aliphatic hydroxyl groups excluding tert-OH is 2. The monoisotopic (exact) mass is 224 g/mol. The maximum Gasteiger partial charge on any atom is 0.194 e. The Morgan fingerprint density at radius 2 is 1.94 bits per heavy atom. The molecular formula is C12H16O4. The molecule has 1 rings (SSSR count). The molecule has 0 aliphatic heterocycles. The maximum absolute atomic E-state index is 11.7. The Labute approximate surface area is 94.5 Å². The fraction of sp³-hybridized carbons (Fsp3) is 0.417. The van der Waals surface area contributed by atoms with Crippen molar-refractivity contribution in [1.29, 1.82) is 0 Å². The van der Waals surface area contributed by atoms with Gasteiger partial charge in [0.1, 0.15) is 6.61 Å². The number of ether oxygens (including phenoxy) is 1. The molecule has 88 valence electrons. The van der Waals surface area contributed by atoms with E-state index in [-0.39, 0.29) is 13.2 Å². The number of hydrogen-bond donors (Lipinski definition) is 2. The standard InChI is InChI=1S/C12H16O4/c1-12(11(15)9-14,16-8-7-13)10-5-3-2-4-6-10/h2-6,13-14H,7-9H2,1H3. The normalized spacial score (nSPS) is 14.4. The van der Waals surface area contributed by atoms with Crippen LogP contribution in [0, 0.1) is 0 Å². The van der Waals surface area contributed by atoms with Gasteiger partial charge in [-0.25, -0.2) is 0 Å². The summed E-state index contributed by atoms with van der Waals surface area (Å²) in [4.78, 5) is 11.7. The Bertz CT molecular complexity index is 336. The number of carbonyl (C=O) groups is 1. The summed E-state index contributed by atoms with van der Waals surface area (Å²) in [5.41, 5.74) is -0.527. The van der Waals surface area contributed by atoms with Crippen molar-refractivity contribution >= 4 is 5.78 Å². The van der Waals surface area contributed by atoms with Crippen LogP contribution < -0.4 is 0 Å². The average Bonchev–Trinajstić information content (AvgIpc) is 2.36. The van der Waals surface area contributed by atoms with Crippen molar-refractivity contribution in [3.8, 4) is 0 Å². The highest BCUT2D eigenvalue weighted by Crippen LogP contribution is 2.26. The third-order valence-electron chi connectivity index (χ3n) is 2.48. The SMILES string of the molecule is CC(OCCO)(C(=O)CO)c1ccccc1. The molecule has 0 heterocycles. The second-order valence-corrected chi connectivity index (χ2v) is 3.55. The molecule has 1 atom stereocenters. The van der Waals surface area contributed by atoms with Gasteiger partial charge in [0.15, 0.2) is 11.4 Å². The lowest BCUT2D eigenvalue weighted by Crippen LogP contribution is -2.38. The average molecular weight is 224 g/mol. The molecule has 0 aromatic heterocycles. The fourth-order valence-corrected chi connectivity index (χ4v) is 1.48. The summed E-state index contributed by atoms with van der Waals surface area (Å²) in [7, 11) is 0. The molecule has 0 amide bonds. The van der Waals surface area contributed by atoms with E-state index in [0.717, 1.165) is 0 Å². The molecule has 16 heavy (non-hydrogen) atoms. The quantitative estimate of drug-likeness (QED) is 0.737. The lowest BCUT2D eigenvalue weighted by Gasteiger charge is -2.28. The predicted molar refractivity (Wildman–Crippen MR) is 58.9 cm³/mol. The highest BCUT2D eigenvalue weighted by Gasteiger charge is 2.35. The number of rotatable bonds is 6. The van der Waals surface area contributed by atoms with Gasteiger partial charge in [0.25, 0.3) is 0 Å². The zero-order valence-electron chi connectivity index (χ0n) is 9.22. The van der Waals surface area contributed by atoms with E-state index in [2.05, 4.69) is 0 Å². The van der Waals surface area contributed by atoms with Crippen LogP contribution in [-0.2, 0) is 15.1 Å². The van der Waals surface area contributed by atoms with Gasteiger partial charge in [-0.15, -0.1) is 0 Å². The minimum atomic E-state index is -1.20. The van der Waals surface area contributed by atoms with Crippen LogP contribution in [0.25, 0.3) is 0 Å². The van der Waals surface area contributed by atoms with Gasteiger partial charge in [0.2, 0.25) is 0 Å². The molecule has 1 aromatic rings. The van der Waals surface area contributed by atoms with E-state index in [0.29, 0.717) is 5.56 Å². The van der Waals surface area contributed by atoms with Crippen molar-refractivity contribution in [3.63, 3.8) is 0 Å². The number of aliphatic hydroxyl groups is 2. The van der Waals surface area contributed by atoms with Crippen LogP contribution in [0.5, 0.6) is 0 Å². The number of hydrogen-bond acceptors (Lipinski definition) is 4. The van der Waals surface area contributed by atoms with Crippen LogP contribution in [-0.4, -0.2) is 35.8 Å². The van der Waals surface area contributed by atoms with Gasteiger partial charge in [-0.2, -0.15) is 0 Å². The molecule has 4 heteroatoms. The molecule has 0 fully saturated rings. The van der Waals surface area contributed by atoms with Crippen LogP contribution >= 0.6 is 0 Å². The Morgan fingerprint density at radius 3 is 2.44 bits per heavy atom. The van der Waals surface area contributed by atoms with Crippen LogP contribution in [0.15, 0.2) is 30.3 Å². The zero-order valence-corrected chi connectivity index (χ0v) is 9.22. The molecule has 1 unspecified atom stereocenters. The summed E-state index contributed by atoms with van der Waals surface area (Å²) in [5.74, 6) is -0.424. The molecule has 0 saturated heterocycles. The smallest absolute Gasteiger partial charge is 0.194 e. The lowest BCUT2D eigenvalue weighted by atomic mass is 9.91. The van der Waals surface area contributed by atoms with E-state index < -0.39 is 18.0 Å². The van der Waals surface area contributed by atoms with Gasteiger partial charge in [0, 0.05) is 0 Å². The molecule has 0 aliphatic carbocycles. The van der Waals surface area contributed by atoms with Crippen LogP contribution in [0.3, 0.4) is 0 Å². The molecular weight excluding hydrogens is 208 g/mol. The molecule has 0 saturated carbocycles. The van der Waals surface area contributed by atoms with Crippen LogP contribution in [0.4, 0.5) is 0 Å². The molecule has 1 aromatic carbocycles. The predicted octanol–water partition coefficient (Wildman–Crippen LogP) is 0.472.